The quantitative estimate of drug-likeness (QED) is 0.551. The van der Waals surface area contributed by atoms with E-state index in [1.165, 1.54) is 12.0 Å². The zero-order valence-electron chi connectivity index (χ0n) is 19.1. The molecule has 0 radical (unpaired) electrons. The van der Waals surface area contributed by atoms with Gasteiger partial charge in [-0.05, 0) is 44.0 Å². The molecule has 0 aliphatic carbocycles. The van der Waals surface area contributed by atoms with Crippen LogP contribution in [0.1, 0.15) is 24.6 Å². The number of aromatic nitrogens is 3. The van der Waals surface area contributed by atoms with Crippen molar-refractivity contribution in [1.29, 1.82) is 0 Å². The molecule has 2 aromatic heterocycles. The van der Waals surface area contributed by atoms with Gasteiger partial charge in [-0.1, -0.05) is 19.1 Å². The summed E-state index contributed by atoms with van der Waals surface area (Å²) in [4.78, 5) is 31.4. The number of carbonyl (C=O) groups is 2. The van der Waals surface area contributed by atoms with E-state index in [4.69, 9.17) is 9.47 Å². The average molecular weight is 440 g/mol. The summed E-state index contributed by atoms with van der Waals surface area (Å²) in [7, 11) is 3.32. The highest BCUT2D eigenvalue weighted by atomic mass is 16.5. The Morgan fingerprint density at radius 1 is 1.22 bits per heavy atom. The highest BCUT2D eigenvalue weighted by Gasteiger charge is 2.20. The number of fused-ring (bicyclic) bond motifs is 1. The standard InChI is InChI=1S/C23H29N5O4/c1-6-11-28(13-19(29)25-17-9-7-8-10-18(17)31-5)20(30)14-32-23-21-15(2)12-16(3)24-22(21)27(4)26-23/h7-10,12H,6,11,13-14H2,1-5H3,(H,25,29). The van der Waals surface area contributed by atoms with Gasteiger partial charge in [0.25, 0.3) is 5.91 Å². The maximum absolute atomic E-state index is 12.8. The van der Waals surface area contributed by atoms with Crippen molar-refractivity contribution in [3.8, 4) is 11.6 Å². The van der Waals surface area contributed by atoms with Crippen molar-refractivity contribution in [3.05, 3.63) is 41.6 Å². The number of aryl methyl sites for hydroxylation is 3. The zero-order chi connectivity index (χ0) is 23.3. The van der Waals surface area contributed by atoms with Crippen molar-refractivity contribution in [2.75, 3.05) is 32.1 Å². The van der Waals surface area contributed by atoms with Crippen LogP contribution in [-0.2, 0) is 16.6 Å². The van der Waals surface area contributed by atoms with Crippen LogP contribution in [0.15, 0.2) is 30.3 Å². The van der Waals surface area contributed by atoms with E-state index in [2.05, 4.69) is 15.4 Å². The van der Waals surface area contributed by atoms with E-state index in [1.54, 1.807) is 29.9 Å². The lowest BCUT2D eigenvalue weighted by Gasteiger charge is -2.21. The van der Waals surface area contributed by atoms with Gasteiger partial charge in [0, 0.05) is 19.3 Å². The fourth-order valence-corrected chi connectivity index (χ4v) is 3.54. The molecule has 1 aromatic carbocycles. The smallest absolute Gasteiger partial charge is 0.261 e. The minimum absolute atomic E-state index is 0.0865. The largest absolute Gasteiger partial charge is 0.495 e. The fourth-order valence-electron chi connectivity index (χ4n) is 3.54. The van der Waals surface area contributed by atoms with Gasteiger partial charge in [-0.2, -0.15) is 0 Å². The molecule has 0 aliphatic rings. The molecule has 1 N–H and O–H groups in total. The van der Waals surface area contributed by atoms with Gasteiger partial charge >= 0.3 is 0 Å². The maximum atomic E-state index is 12.8. The lowest BCUT2D eigenvalue weighted by Crippen LogP contribution is -2.41. The molecule has 0 saturated carbocycles. The number of nitrogens with one attached hydrogen (secondary N) is 1. The monoisotopic (exact) mass is 439 g/mol. The van der Waals surface area contributed by atoms with Crippen LogP contribution in [-0.4, -0.2) is 58.3 Å². The van der Waals surface area contributed by atoms with Crippen LogP contribution >= 0.6 is 0 Å². The lowest BCUT2D eigenvalue weighted by atomic mass is 10.2. The average Bonchev–Trinajstić information content (AvgIpc) is 3.07. The molecule has 170 valence electrons. The number of benzene rings is 1. The van der Waals surface area contributed by atoms with Crippen molar-refractivity contribution in [1.82, 2.24) is 19.7 Å². The molecule has 0 saturated heterocycles. The second-order valence-corrected chi connectivity index (χ2v) is 7.56. The van der Waals surface area contributed by atoms with Crippen LogP contribution in [0.2, 0.25) is 0 Å². The van der Waals surface area contributed by atoms with E-state index in [0.717, 1.165) is 16.6 Å². The van der Waals surface area contributed by atoms with Crippen molar-refractivity contribution < 1.29 is 19.1 Å². The number of hydrogen-bond acceptors (Lipinski definition) is 6. The Labute approximate surface area is 187 Å². The predicted octanol–water partition coefficient (Wildman–Crippen LogP) is 2.85. The van der Waals surface area contributed by atoms with Gasteiger partial charge < -0.3 is 19.7 Å². The molecule has 32 heavy (non-hydrogen) atoms. The van der Waals surface area contributed by atoms with Gasteiger partial charge in [0.1, 0.15) is 5.75 Å². The Bertz CT molecular complexity index is 1130. The van der Waals surface area contributed by atoms with Crippen molar-refractivity contribution in [2.45, 2.75) is 27.2 Å². The van der Waals surface area contributed by atoms with Crippen LogP contribution in [0.3, 0.4) is 0 Å². The molecule has 2 heterocycles. The molecule has 2 amide bonds. The number of hydrogen-bond donors (Lipinski definition) is 1. The molecular formula is C23H29N5O4. The van der Waals surface area contributed by atoms with Gasteiger partial charge in [0.2, 0.25) is 11.8 Å². The third-order valence-electron chi connectivity index (χ3n) is 4.98. The molecule has 9 heteroatoms. The zero-order valence-corrected chi connectivity index (χ0v) is 19.1. The summed E-state index contributed by atoms with van der Waals surface area (Å²) in [6.07, 6.45) is 0.711. The molecule has 0 atom stereocenters. The van der Waals surface area contributed by atoms with Crippen LogP contribution in [0, 0.1) is 13.8 Å². The third-order valence-corrected chi connectivity index (χ3v) is 4.98. The number of carbonyl (C=O) groups excluding carboxylic acids is 2. The Kier molecular flexibility index (Phi) is 7.29. The third kappa shape index (κ3) is 5.16. The van der Waals surface area contributed by atoms with Crippen molar-refractivity contribution in [2.24, 2.45) is 7.05 Å². The second-order valence-electron chi connectivity index (χ2n) is 7.56. The van der Waals surface area contributed by atoms with Crippen LogP contribution in [0.5, 0.6) is 11.6 Å². The van der Waals surface area contributed by atoms with Crippen molar-refractivity contribution in [3.63, 3.8) is 0 Å². The minimum atomic E-state index is -0.310. The number of ether oxygens (including phenoxy) is 2. The summed E-state index contributed by atoms with van der Waals surface area (Å²) in [6.45, 7) is 5.95. The van der Waals surface area contributed by atoms with Crippen LogP contribution in [0.4, 0.5) is 5.69 Å². The SMILES string of the molecule is CCCN(CC(=O)Nc1ccccc1OC)C(=O)COc1nn(C)c2nc(C)cc(C)c12. The first-order valence-electron chi connectivity index (χ1n) is 10.5. The number of anilines is 1. The molecule has 9 nitrogen and oxygen atoms in total. The molecule has 0 aliphatic heterocycles. The maximum Gasteiger partial charge on any atom is 0.261 e. The van der Waals surface area contributed by atoms with Crippen LogP contribution < -0.4 is 14.8 Å². The molecular weight excluding hydrogens is 410 g/mol. The number of rotatable bonds is 9. The first kappa shape index (κ1) is 23.1. The van der Waals surface area contributed by atoms with Gasteiger partial charge in [0.05, 0.1) is 24.7 Å². The highest BCUT2D eigenvalue weighted by Crippen LogP contribution is 2.27. The summed E-state index contributed by atoms with van der Waals surface area (Å²) in [5, 5.41) is 7.95. The Hall–Kier alpha value is -3.62. The van der Waals surface area contributed by atoms with Crippen molar-refractivity contribution >= 4 is 28.5 Å². The Morgan fingerprint density at radius 3 is 2.69 bits per heavy atom. The number of para-hydroxylation sites is 2. The van der Waals surface area contributed by atoms with E-state index < -0.39 is 0 Å². The van der Waals surface area contributed by atoms with E-state index >= 15 is 0 Å². The number of methoxy groups -OCH3 is 1. The molecule has 3 aromatic rings. The number of amides is 2. The van der Waals surface area contributed by atoms with Gasteiger partial charge in [-0.3, -0.25) is 9.59 Å². The second kappa shape index (κ2) is 10.1. The van der Waals surface area contributed by atoms with Gasteiger partial charge in [0.15, 0.2) is 12.3 Å². The summed E-state index contributed by atoms with van der Waals surface area (Å²) >= 11 is 0. The predicted molar refractivity (Wildman–Crippen MR) is 122 cm³/mol. The summed E-state index contributed by atoms with van der Waals surface area (Å²) in [5.74, 6) is 0.309. The minimum Gasteiger partial charge on any atom is -0.495 e. The molecule has 0 unspecified atom stereocenters. The summed E-state index contributed by atoms with van der Waals surface area (Å²) in [5.41, 5.74) is 3.12. The summed E-state index contributed by atoms with van der Waals surface area (Å²) in [6, 6.07) is 9.07. The topological polar surface area (TPSA) is 98.6 Å². The summed E-state index contributed by atoms with van der Waals surface area (Å²) < 4.78 is 12.7. The molecule has 3 rings (SSSR count). The highest BCUT2D eigenvalue weighted by molar-refractivity contribution is 5.96. The first-order chi connectivity index (χ1) is 15.3. The lowest BCUT2D eigenvalue weighted by molar-refractivity contribution is -0.136. The molecule has 0 bridgehead atoms. The normalized spacial score (nSPS) is 10.8. The number of pyridine rings is 1. The van der Waals surface area contributed by atoms with Gasteiger partial charge in [-0.25, -0.2) is 9.67 Å². The number of nitrogens with zero attached hydrogens (tertiary/aromatic N) is 4. The van der Waals surface area contributed by atoms with E-state index in [0.29, 0.717) is 35.9 Å². The Morgan fingerprint density at radius 2 is 1.97 bits per heavy atom. The van der Waals surface area contributed by atoms with Crippen LogP contribution in [0.25, 0.3) is 11.0 Å². The first-order valence-corrected chi connectivity index (χ1v) is 10.5. The van der Waals surface area contributed by atoms with E-state index in [9.17, 15) is 9.59 Å². The fraction of sp³-hybridized carbons (Fsp3) is 0.391. The molecule has 0 fully saturated rings. The van der Waals surface area contributed by atoms with E-state index in [-0.39, 0.29) is 25.0 Å². The van der Waals surface area contributed by atoms with E-state index in [1.807, 2.05) is 32.9 Å². The molecule has 0 spiro atoms. The van der Waals surface area contributed by atoms with Gasteiger partial charge in [-0.15, -0.1) is 5.10 Å². The Balaban J connectivity index is 1.68.